The standard InChI is InChI=1S/C12H12ClN3O2S2/c1-6(10(17)8-4-5-9(13)20-8)19-12-15-14-11(18)16(12)7-2-3-7/h4-7H,2-3H2,1H3,(H,14,18). The minimum atomic E-state index is -0.308. The smallest absolute Gasteiger partial charge is 0.292 e. The Bertz CT molecular complexity index is 702. The summed E-state index contributed by atoms with van der Waals surface area (Å²) in [4.78, 5) is 24.6. The lowest BCUT2D eigenvalue weighted by Gasteiger charge is -2.08. The van der Waals surface area contributed by atoms with E-state index in [1.54, 1.807) is 16.7 Å². The molecular formula is C12H12ClN3O2S2. The monoisotopic (exact) mass is 329 g/mol. The summed E-state index contributed by atoms with van der Waals surface area (Å²) in [5.74, 6) is 0.00435. The van der Waals surface area contributed by atoms with E-state index in [4.69, 9.17) is 11.6 Å². The highest BCUT2D eigenvalue weighted by Gasteiger charge is 2.30. The number of carbonyl (C=O) groups is 1. The quantitative estimate of drug-likeness (QED) is 0.676. The molecule has 0 radical (unpaired) electrons. The van der Waals surface area contributed by atoms with Crippen molar-refractivity contribution in [1.29, 1.82) is 0 Å². The molecule has 1 aliphatic carbocycles. The molecule has 2 aromatic heterocycles. The van der Waals surface area contributed by atoms with Gasteiger partial charge in [0.15, 0.2) is 10.9 Å². The summed E-state index contributed by atoms with van der Waals surface area (Å²) in [7, 11) is 0. The van der Waals surface area contributed by atoms with Gasteiger partial charge in [-0.3, -0.25) is 9.36 Å². The molecule has 1 aliphatic rings. The van der Waals surface area contributed by atoms with Crippen LogP contribution < -0.4 is 5.69 Å². The highest BCUT2D eigenvalue weighted by atomic mass is 35.5. The van der Waals surface area contributed by atoms with E-state index in [9.17, 15) is 9.59 Å². The average Bonchev–Trinajstić information content (AvgIpc) is 3.05. The Balaban J connectivity index is 1.77. The first-order chi connectivity index (χ1) is 9.56. The maximum absolute atomic E-state index is 12.3. The van der Waals surface area contributed by atoms with Crippen molar-refractivity contribution in [2.75, 3.05) is 0 Å². The van der Waals surface area contributed by atoms with Crippen LogP contribution in [0.3, 0.4) is 0 Å². The van der Waals surface area contributed by atoms with Crippen molar-refractivity contribution in [3.63, 3.8) is 0 Å². The van der Waals surface area contributed by atoms with E-state index < -0.39 is 0 Å². The number of carbonyl (C=O) groups excluding carboxylic acids is 1. The summed E-state index contributed by atoms with van der Waals surface area (Å²) in [6.07, 6.45) is 1.99. The van der Waals surface area contributed by atoms with Gasteiger partial charge in [0.05, 0.1) is 14.5 Å². The van der Waals surface area contributed by atoms with Crippen LogP contribution in [0.4, 0.5) is 0 Å². The molecule has 2 aromatic rings. The van der Waals surface area contributed by atoms with E-state index >= 15 is 0 Å². The highest BCUT2D eigenvalue weighted by Crippen LogP contribution is 2.37. The Morgan fingerprint density at radius 1 is 1.60 bits per heavy atom. The van der Waals surface area contributed by atoms with Crippen LogP contribution in [0.25, 0.3) is 0 Å². The molecule has 1 unspecified atom stereocenters. The van der Waals surface area contributed by atoms with E-state index in [-0.39, 0.29) is 22.8 Å². The van der Waals surface area contributed by atoms with Gasteiger partial charge in [-0.2, -0.15) is 0 Å². The molecule has 8 heteroatoms. The van der Waals surface area contributed by atoms with Gasteiger partial charge in [-0.05, 0) is 31.9 Å². The first kappa shape index (κ1) is 13.9. The zero-order valence-corrected chi connectivity index (χ0v) is 13.0. The normalized spacial score (nSPS) is 16.3. The van der Waals surface area contributed by atoms with E-state index in [0.29, 0.717) is 14.4 Å². The lowest BCUT2D eigenvalue weighted by atomic mass is 10.2. The van der Waals surface area contributed by atoms with E-state index in [2.05, 4.69) is 10.2 Å². The fourth-order valence-electron chi connectivity index (χ4n) is 1.89. The molecule has 0 aromatic carbocycles. The zero-order valence-electron chi connectivity index (χ0n) is 10.6. The zero-order chi connectivity index (χ0) is 14.3. The van der Waals surface area contributed by atoms with Crippen LogP contribution in [-0.4, -0.2) is 25.8 Å². The summed E-state index contributed by atoms with van der Waals surface area (Å²) in [5, 5.41) is 6.74. The number of H-pyrrole nitrogens is 1. The average molecular weight is 330 g/mol. The number of thioether (sulfide) groups is 1. The van der Waals surface area contributed by atoms with Crippen molar-refractivity contribution in [2.45, 2.75) is 36.2 Å². The lowest BCUT2D eigenvalue weighted by molar-refractivity contribution is 0.0997. The molecule has 0 aliphatic heterocycles. The largest absolute Gasteiger partial charge is 0.344 e. The van der Waals surface area contributed by atoms with Gasteiger partial charge in [-0.1, -0.05) is 23.4 Å². The fraction of sp³-hybridized carbons (Fsp3) is 0.417. The first-order valence-electron chi connectivity index (χ1n) is 6.19. The van der Waals surface area contributed by atoms with Crippen molar-refractivity contribution in [1.82, 2.24) is 14.8 Å². The van der Waals surface area contributed by atoms with E-state index in [1.807, 2.05) is 6.92 Å². The molecule has 0 saturated heterocycles. The number of ketones is 1. The van der Waals surface area contributed by atoms with Crippen molar-refractivity contribution in [2.24, 2.45) is 0 Å². The third kappa shape index (κ3) is 2.70. The molecule has 1 fully saturated rings. The lowest BCUT2D eigenvalue weighted by Crippen LogP contribution is -2.18. The SMILES string of the molecule is CC(Sc1n[nH]c(=O)n1C1CC1)C(=O)c1ccc(Cl)s1. The number of nitrogens with zero attached hydrogens (tertiary/aromatic N) is 2. The number of Topliss-reactive ketones (excluding diaryl/α,β-unsaturated/α-hetero) is 1. The van der Waals surface area contributed by atoms with Crippen molar-refractivity contribution in [3.05, 3.63) is 31.8 Å². The minimum Gasteiger partial charge on any atom is -0.292 e. The highest BCUT2D eigenvalue weighted by molar-refractivity contribution is 8.00. The molecule has 1 atom stereocenters. The number of thiophene rings is 1. The second kappa shape index (κ2) is 5.38. The first-order valence-corrected chi connectivity index (χ1v) is 8.27. The summed E-state index contributed by atoms with van der Waals surface area (Å²) in [6, 6.07) is 3.68. The van der Waals surface area contributed by atoms with Gasteiger partial charge in [-0.15, -0.1) is 16.4 Å². The van der Waals surface area contributed by atoms with Crippen LogP contribution >= 0.6 is 34.7 Å². The van der Waals surface area contributed by atoms with Gasteiger partial charge in [-0.25, -0.2) is 9.89 Å². The van der Waals surface area contributed by atoms with Crippen LogP contribution in [0.5, 0.6) is 0 Å². The molecule has 0 amide bonds. The molecule has 0 bridgehead atoms. The Morgan fingerprint density at radius 2 is 2.35 bits per heavy atom. The van der Waals surface area contributed by atoms with Gasteiger partial charge in [0.25, 0.3) is 0 Å². The fourth-order valence-corrected chi connectivity index (χ4v) is 4.03. The Kier molecular flexibility index (Phi) is 3.74. The molecule has 0 spiro atoms. The predicted molar refractivity (Wildman–Crippen MR) is 80.1 cm³/mol. The van der Waals surface area contributed by atoms with Gasteiger partial charge in [0.1, 0.15) is 0 Å². The number of aromatic amines is 1. The van der Waals surface area contributed by atoms with Crippen molar-refractivity contribution in [3.8, 4) is 0 Å². The second-order valence-corrected chi connectivity index (χ2v) is 7.66. The van der Waals surface area contributed by atoms with Crippen molar-refractivity contribution >= 4 is 40.5 Å². The maximum Gasteiger partial charge on any atom is 0.344 e. The maximum atomic E-state index is 12.3. The van der Waals surface area contributed by atoms with Gasteiger partial charge in [0, 0.05) is 6.04 Å². The Hall–Kier alpha value is -1.05. The number of halogens is 1. The van der Waals surface area contributed by atoms with Gasteiger partial charge in [0.2, 0.25) is 0 Å². The second-order valence-electron chi connectivity index (χ2n) is 4.64. The Morgan fingerprint density at radius 3 is 2.95 bits per heavy atom. The molecule has 1 N–H and O–H groups in total. The molecule has 20 heavy (non-hydrogen) atoms. The summed E-state index contributed by atoms with van der Waals surface area (Å²) in [5.41, 5.74) is -0.200. The van der Waals surface area contributed by atoms with Gasteiger partial charge < -0.3 is 0 Å². The van der Waals surface area contributed by atoms with Crippen LogP contribution in [0.2, 0.25) is 4.34 Å². The third-order valence-corrected chi connectivity index (χ3v) is 5.36. The molecular weight excluding hydrogens is 318 g/mol. The van der Waals surface area contributed by atoms with E-state index in [0.717, 1.165) is 12.8 Å². The molecule has 2 heterocycles. The number of rotatable bonds is 5. The summed E-state index contributed by atoms with van der Waals surface area (Å²) in [6.45, 7) is 1.82. The molecule has 3 rings (SSSR count). The number of aromatic nitrogens is 3. The summed E-state index contributed by atoms with van der Waals surface area (Å²) >= 11 is 8.42. The Labute approximate surface area is 128 Å². The van der Waals surface area contributed by atoms with Crippen LogP contribution in [-0.2, 0) is 0 Å². The summed E-state index contributed by atoms with van der Waals surface area (Å²) < 4.78 is 2.25. The minimum absolute atomic E-state index is 0.00435. The topological polar surface area (TPSA) is 67.8 Å². The predicted octanol–water partition coefficient (Wildman–Crippen LogP) is 2.98. The molecule has 1 saturated carbocycles. The van der Waals surface area contributed by atoms with Crippen LogP contribution in [0.15, 0.2) is 22.1 Å². The van der Waals surface area contributed by atoms with Gasteiger partial charge >= 0.3 is 5.69 Å². The molecule has 106 valence electrons. The van der Waals surface area contributed by atoms with E-state index in [1.165, 1.54) is 23.1 Å². The van der Waals surface area contributed by atoms with Crippen molar-refractivity contribution < 1.29 is 4.79 Å². The molecule has 5 nitrogen and oxygen atoms in total. The third-order valence-electron chi connectivity index (χ3n) is 3.05. The van der Waals surface area contributed by atoms with Crippen LogP contribution in [0.1, 0.15) is 35.5 Å². The van der Waals surface area contributed by atoms with Crippen LogP contribution in [0, 0.1) is 0 Å². The number of hydrogen-bond acceptors (Lipinski definition) is 5. The number of hydrogen-bond donors (Lipinski definition) is 1. The number of nitrogens with one attached hydrogen (secondary N) is 1.